The number of aromatic nitrogens is 2. The molecule has 194 valence electrons. The van der Waals surface area contributed by atoms with E-state index in [4.69, 9.17) is 11.5 Å². The number of aliphatic carboxylic acids is 1. The van der Waals surface area contributed by atoms with Gasteiger partial charge in [-0.15, -0.1) is 0 Å². The Kier molecular flexibility index (Phi) is 10.5. The van der Waals surface area contributed by atoms with Gasteiger partial charge in [-0.05, 0) is 5.56 Å². The second-order valence-corrected chi connectivity index (χ2v) is 7.95. The molecule has 4 atom stereocenters. The summed E-state index contributed by atoms with van der Waals surface area (Å²) in [5, 5.41) is 26.2. The first-order valence-electron chi connectivity index (χ1n) is 10.9. The summed E-state index contributed by atoms with van der Waals surface area (Å²) in [4.78, 5) is 67.3. The predicted molar refractivity (Wildman–Crippen MR) is 125 cm³/mol. The number of H-pyrrole nitrogens is 1. The van der Waals surface area contributed by atoms with Crippen LogP contribution in [0, 0.1) is 0 Å². The van der Waals surface area contributed by atoms with Crippen molar-refractivity contribution in [2.45, 2.75) is 43.4 Å². The molecule has 14 heteroatoms. The van der Waals surface area contributed by atoms with E-state index < -0.39 is 66.8 Å². The molecule has 0 bridgehead atoms. The van der Waals surface area contributed by atoms with Gasteiger partial charge in [-0.25, -0.2) is 9.78 Å². The maximum absolute atomic E-state index is 13.0. The lowest BCUT2D eigenvalue weighted by Crippen LogP contribution is -2.58. The van der Waals surface area contributed by atoms with E-state index in [1.807, 2.05) is 0 Å². The molecule has 4 unspecified atom stereocenters. The van der Waals surface area contributed by atoms with Crippen LogP contribution in [0.25, 0.3) is 0 Å². The fourth-order valence-electron chi connectivity index (χ4n) is 3.20. The maximum atomic E-state index is 13.0. The van der Waals surface area contributed by atoms with Crippen LogP contribution in [-0.4, -0.2) is 80.6 Å². The Morgan fingerprint density at radius 1 is 0.917 bits per heavy atom. The van der Waals surface area contributed by atoms with Crippen molar-refractivity contribution < 1.29 is 34.2 Å². The molecule has 1 aromatic carbocycles. The number of amides is 4. The minimum atomic E-state index is -1.51. The van der Waals surface area contributed by atoms with E-state index >= 15 is 0 Å². The molecule has 0 aliphatic rings. The molecule has 2 rings (SSSR count). The van der Waals surface area contributed by atoms with Crippen LogP contribution < -0.4 is 27.4 Å². The van der Waals surface area contributed by atoms with Crippen molar-refractivity contribution in [1.82, 2.24) is 25.9 Å². The number of aliphatic hydroxyl groups excluding tert-OH is 1. The molecular weight excluding hydrogens is 474 g/mol. The monoisotopic (exact) mass is 503 g/mol. The van der Waals surface area contributed by atoms with E-state index in [2.05, 4.69) is 25.9 Å². The third-order valence-electron chi connectivity index (χ3n) is 5.08. The third-order valence-corrected chi connectivity index (χ3v) is 5.08. The molecular formula is C22H29N7O7. The fraction of sp³-hybridized carbons (Fsp3) is 0.364. The number of imidazole rings is 1. The van der Waals surface area contributed by atoms with Gasteiger partial charge >= 0.3 is 5.97 Å². The van der Waals surface area contributed by atoms with Gasteiger partial charge in [-0.3, -0.25) is 19.2 Å². The van der Waals surface area contributed by atoms with Crippen molar-refractivity contribution in [3.63, 3.8) is 0 Å². The fourth-order valence-corrected chi connectivity index (χ4v) is 3.20. The summed E-state index contributed by atoms with van der Waals surface area (Å²) in [5.74, 6) is -4.77. The van der Waals surface area contributed by atoms with Crippen molar-refractivity contribution in [2.75, 3.05) is 6.61 Å². The Bertz CT molecular complexity index is 1050. The Morgan fingerprint density at radius 2 is 1.53 bits per heavy atom. The molecule has 0 fully saturated rings. The zero-order valence-corrected chi connectivity index (χ0v) is 19.2. The van der Waals surface area contributed by atoms with E-state index in [1.54, 1.807) is 30.3 Å². The van der Waals surface area contributed by atoms with Gasteiger partial charge in [0.05, 0.1) is 25.4 Å². The number of carboxylic acid groups (broad SMARTS) is 1. The smallest absolute Gasteiger partial charge is 0.326 e. The molecule has 1 aromatic heterocycles. The van der Waals surface area contributed by atoms with Crippen LogP contribution >= 0.6 is 0 Å². The number of carbonyl (C=O) groups excluding carboxylic acids is 4. The zero-order chi connectivity index (χ0) is 26.7. The van der Waals surface area contributed by atoms with E-state index in [-0.39, 0.29) is 12.8 Å². The Hall–Kier alpha value is -4.30. The number of nitrogens with one attached hydrogen (secondary N) is 4. The number of nitrogens with two attached hydrogens (primary N) is 2. The number of aromatic amines is 1. The molecule has 0 saturated heterocycles. The number of carboxylic acids is 1. The molecule has 2 aromatic rings. The van der Waals surface area contributed by atoms with Crippen molar-refractivity contribution in [3.05, 3.63) is 54.1 Å². The van der Waals surface area contributed by atoms with E-state index in [0.29, 0.717) is 11.3 Å². The van der Waals surface area contributed by atoms with Crippen LogP contribution in [0.5, 0.6) is 0 Å². The number of benzene rings is 1. The molecule has 0 aliphatic heterocycles. The van der Waals surface area contributed by atoms with Gasteiger partial charge < -0.3 is 42.6 Å². The number of rotatable bonds is 14. The summed E-state index contributed by atoms with van der Waals surface area (Å²) in [6.45, 7) is -0.842. The summed E-state index contributed by atoms with van der Waals surface area (Å²) < 4.78 is 0. The lowest BCUT2D eigenvalue weighted by atomic mass is 10.0. The van der Waals surface area contributed by atoms with Crippen molar-refractivity contribution >= 4 is 29.6 Å². The molecule has 1 heterocycles. The van der Waals surface area contributed by atoms with Crippen LogP contribution in [0.2, 0.25) is 0 Å². The molecule has 36 heavy (non-hydrogen) atoms. The maximum Gasteiger partial charge on any atom is 0.326 e. The number of hydrogen-bond donors (Lipinski definition) is 8. The van der Waals surface area contributed by atoms with Gasteiger partial charge in [-0.1, -0.05) is 30.3 Å². The van der Waals surface area contributed by atoms with E-state index in [1.165, 1.54) is 12.5 Å². The first-order valence-corrected chi connectivity index (χ1v) is 10.9. The minimum Gasteiger partial charge on any atom is -0.480 e. The molecule has 0 radical (unpaired) electrons. The average Bonchev–Trinajstić information content (AvgIpc) is 3.34. The summed E-state index contributed by atoms with van der Waals surface area (Å²) in [5.41, 5.74) is 11.7. The highest BCUT2D eigenvalue weighted by molar-refractivity contribution is 5.95. The van der Waals surface area contributed by atoms with Crippen molar-refractivity contribution in [3.8, 4) is 0 Å². The number of hydrogen-bond acceptors (Lipinski definition) is 8. The van der Waals surface area contributed by atoms with Gasteiger partial charge in [0, 0.05) is 24.7 Å². The Morgan fingerprint density at radius 3 is 2.08 bits per heavy atom. The molecule has 0 saturated carbocycles. The summed E-state index contributed by atoms with van der Waals surface area (Å²) in [6, 6.07) is 3.22. The summed E-state index contributed by atoms with van der Waals surface area (Å²) in [7, 11) is 0. The summed E-state index contributed by atoms with van der Waals surface area (Å²) in [6.07, 6.45) is 2.20. The standard InChI is InChI=1S/C22H29N7O7/c23-14(8-18(24)31)19(32)29-17(10-30)21(34)27-15(7-13-9-25-11-26-13)20(33)28-16(22(35)36)6-12-4-2-1-3-5-12/h1-5,9,11,14-17,30H,6-8,10,23H2,(H2,24,31)(H,25,26)(H,27,34)(H,28,33)(H,29,32)(H,35,36). The van der Waals surface area contributed by atoms with Crippen LogP contribution in [-0.2, 0) is 36.8 Å². The molecule has 14 nitrogen and oxygen atoms in total. The number of carbonyl (C=O) groups is 5. The lowest BCUT2D eigenvalue weighted by Gasteiger charge is -2.24. The molecule has 0 spiro atoms. The second-order valence-electron chi connectivity index (χ2n) is 7.95. The van der Waals surface area contributed by atoms with Crippen LogP contribution in [0.1, 0.15) is 17.7 Å². The molecule has 4 amide bonds. The van der Waals surface area contributed by atoms with Crippen LogP contribution in [0.4, 0.5) is 0 Å². The van der Waals surface area contributed by atoms with E-state index in [0.717, 1.165) is 0 Å². The van der Waals surface area contributed by atoms with Gasteiger partial charge in [0.25, 0.3) is 0 Å². The second kappa shape index (κ2) is 13.6. The number of nitrogens with zero attached hydrogens (tertiary/aromatic N) is 1. The minimum absolute atomic E-state index is 0.000287. The first kappa shape index (κ1) is 27.9. The highest BCUT2D eigenvalue weighted by Crippen LogP contribution is 2.06. The molecule has 0 aliphatic carbocycles. The average molecular weight is 504 g/mol. The normalized spacial score (nSPS) is 14.1. The van der Waals surface area contributed by atoms with Crippen LogP contribution in [0.3, 0.4) is 0 Å². The number of aliphatic hydroxyl groups is 1. The predicted octanol–water partition coefficient (Wildman–Crippen LogP) is -3.07. The highest BCUT2D eigenvalue weighted by atomic mass is 16.4. The van der Waals surface area contributed by atoms with Crippen molar-refractivity contribution in [2.24, 2.45) is 11.5 Å². The van der Waals surface area contributed by atoms with Gasteiger partial charge in [0.15, 0.2) is 0 Å². The topological polar surface area (TPSA) is 243 Å². The SMILES string of the molecule is NC(=O)CC(N)C(=O)NC(CO)C(=O)NC(Cc1cnc[nH]1)C(=O)NC(Cc1ccccc1)C(=O)O. The van der Waals surface area contributed by atoms with Crippen LogP contribution in [0.15, 0.2) is 42.9 Å². The highest BCUT2D eigenvalue weighted by Gasteiger charge is 2.31. The lowest BCUT2D eigenvalue weighted by molar-refractivity contribution is -0.142. The number of primary amides is 1. The third kappa shape index (κ3) is 8.81. The van der Waals surface area contributed by atoms with Gasteiger partial charge in [0.2, 0.25) is 23.6 Å². The Balaban J connectivity index is 2.14. The van der Waals surface area contributed by atoms with Gasteiger partial charge in [0.1, 0.15) is 18.1 Å². The Labute approximate surface area is 205 Å². The van der Waals surface area contributed by atoms with E-state index in [9.17, 15) is 34.2 Å². The van der Waals surface area contributed by atoms with Gasteiger partial charge in [-0.2, -0.15) is 0 Å². The van der Waals surface area contributed by atoms with Crippen molar-refractivity contribution in [1.29, 1.82) is 0 Å². The molecule has 10 N–H and O–H groups in total. The largest absolute Gasteiger partial charge is 0.480 e. The first-order chi connectivity index (χ1) is 17.1. The quantitative estimate of drug-likeness (QED) is 0.130. The summed E-state index contributed by atoms with van der Waals surface area (Å²) >= 11 is 0. The zero-order valence-electron chi connectivity index (χ0n) is 19.2.